The summed E-state index contributed by atoms with van der Waals surface area (Å²) in [4.78, 5) is 12.6. The number of carbonyl (C=O) groups is 1. The largest absolute Gasteiger partial charge is 0.479 e. The molecule has 0 saturated carbocycles. The predicted molar refractivity (Wildman–Crippen MR) is 106 cm³/mol. The average Bonchev–Trinajstić information content (AvgIpc) is 2.67. The van der Waals surface area contributed by atoms with E-state index in [1.54, 1.807) is 19.1 Å². The lowest BCUT2D eigenvalue weighted by Gasteiger charge is -2.23. The van der Waals surface area contributed by atoms with E-state index in [0.29, 0.717) is 10.8 Å². The minimum Gasteiger partial charge on any atom is -0.479 e. The van der Waals surface area contributed by atoms with Gasteiger partial charge < -0.3 is 10.1 Å². The van der Waals surface area contributed by atoms with Gasteiger partial charge in [0.2, 0.25) is 0 Å². The Kier molecular flexibility index (Phi) is 6.20. The molecule has 2 aromatic rings. The molecular formula is C22H26ClNO2. The van der Waals surface area contributed by atoms with Gasteiger partial charge >= 0.3 is 0 Å². The lowest BCUT2D eigenvalue weighted by molar-refractivity contribution is -0.128. The molecule has 0 fully saturated rings. The third kappa shape index (κ3) is 4.39. The van der Waals surface area contributed by atoms with Crippen LogP contribution in [0.5, 0.6) is 5.75 Å². The van der Waals surface area contributed by atoms with E-state index in [0.717, 1.165) is 12.8 Å². The first-order valence-electron chi connectivity index (χ1n) is 9.41. The summed E-state index contributed by atoms with van der Waals surface area (Å²) in [6, 6.07) is 13.8. The standard InChI is InChI=1S/C22H26ClNO2/c1-3-20(18-13-12-16-8-4-5-9-17(16)14-18)24-22(25)15(2)26-21-11-7-6-10-19(21)23/h6-7,10-15,20H,3-5,8-9H2,1-2H3,(H,24,25). The highest BCUT2D eigenvalue weighted by atomic mass is 35.5. The number of hydrogen-bond donors (Lipinski definition) is 1. The molecular weight excluding hydrogens is 346 g/mol. The normalized spacial score (nSPS) is 15.7. The van der Waals surface area contributed by atoms with Crippen molar-refractivity contribution in [2.75, 3.05) is 0 Å². The number of fused-ring (bicyclic) bond motifs is 1. The molecule has 0 aliphatic heterocycles. The van der Waals surface area contributed by atoms with E-state index >= 15 is 0 Å². The summed E-state index contributed by atoms with van der Waals surface area (Å²) in [6.45, 7) is 3.84. The minimum atomic E-state index is -0.610. The van der Waals surface area contributed by atoms with E-state index < -0.39 is 6.10 Å². The average molecular weight is 372 g/mol. The highest BCUT2D eigenvalue weighted by Crippen LogP contribution is 2.27. The van der Waals surface area contributed by atoms with Crippen molar-refractivity contribution < 1.29 is 9.53 Å². The molecule has 1 aliphatic rings. The van der Waals surface area contributed by atoms with Crippen molar-refractivity contribution in [1.82, 2.24) is 5.32 Å². The maximum atomic E-state index is 12.6. The van der Waals surface area contributed by atoms with Crippen LogP contribution in [0.2, 0.25) is 5.02 Å². The molecule has 2 atom stereocenters. The first-order valence-corrected chi connectivity index (χ1v) is 9.79. The molecule has 1 N–H and O–H groups in total. The van der Waals surface area contributed by atoms with Gasteiger partial charge in [-0.25, -0.2) is 0 Å². The maximum absolute atomic E-state index is 12.6. The summed E-state index contributed by atoms with van der Waals surface area (Å²) in [7, 11) is 0. The molecule has 4 heteroatoms. The van der Waals surface area contributed by atoms with Crippen LogP contribution in [0.25, 0.3) is 0 Å². The number of benzene rings is 2. The zero-order chi connectivity index (χ0) is 18.5. The number of hydrogen-bond acceptors (Lipinski definition) is 2. The molecule has 2 unspecified atom stereocenters. The van der Waals surface area contributed by atoms with Crippen LogP contribution in [0, 0.1) is 0 Å². The maximum Gasteiger partial charge on any atom is 0.261 e. The van der Waals surface area contributed by atoms with E-state index in [1.165, 1.54) is 36.0 Å². The van der Waals surface area contributed by atoms with Gasteiger partial charge in [-0.3, -0.25) is 4.79 Å². The van der Waals surface area contributed by atoms with Crippen molar-refractivity contribution in [3.8, 4) is 5.75 Å². The second-order valence-electron chi connectivity index (χ2n) is 6.90. The Hall–Kier alpha value is -2.00. The summed E-state index contributed by atoms with van der Waals surface area (Å²) in [6.07, 6.45) is 5.06. The molecule has 2 aromatic carbocycles. The van der Waals surface area contributed by atoms with Crippen LogP contribution < -0.4 is 10.1 Å². The van der Waals surface area contributed by atoms with Crippen LogP contribution in [0.4, 0.5) is 0 Å². The number of amides is 1. The highest BCUT2D eigenvalue weighted by molar-refractivity contribution is 6.32. The molecule has 26 heavy (non-hydrogen) atoms. The smallest absolute Gasteiger partial charge is 0.261 e. The molecule has 3 nitrogen and oxygen atoms in total. The van der Waals surface area contributed by atoms with Crippen molar-refractivity contribution in [1.29, 1.82) is 0 Å². The minimum absolute atomic E-state index is 0.00739. The quantitative estimate of drug-likeness (QED) is 0.752. The number of aryl methyl sites for hydroxylation is 2. The number of ether oxygens (including phenoxy) is 1. The van der Waals surface area contributed by atoms with Crippen LogP contribution in [0.15, 0.2) is 42.5 Å². The first kappa shape index (κ1) is 18.8. The molecule has 0 spiro atoms. The van der Waals surface area contributed by atoms with Crippen molar-refractivity contribution >= 4 is 17.5 Å². The Morgan fingerprint density at radius 2 is 1.88 bits per heavy atom. The summed E-state index contributed by atoms with van der Waals surface area (Å²) >= 11 is 6.11. The SMILES string of the molecule is CCC(NC(=O)C(C)Oc1ccccc1Cl)c1ccc2c(c1)CCCC2. The Morgan fingerprint density at radius 1 is 1.15 bits per heavy atom. The fraction of sp³-hybridized carbons (Fsp3) is 0.409. The van der Waals surface area contributed by atoms with Crippen LogP contribution >= 0.6 is 11.6 Å². The van der Waals surface area contributed by atoms with Gasteiger partial charge in [0.05, 0.1) is 11.1 Å². The van der Waals surface area contributed by atoms with E-state index in [1.807, 2.05) is 12.1 Å². The molecule has 0 bridgehead atoms. The highest BCUT2D eigenvalue weighted by Gasteiger charge is 2.21. The van der Waals surface area contributed by atoms with Gasteiger partial charge in [0, 0.05) is 0 Å². The van der Waals surface area contributed by atoms with E-state index in [9.17, 15) is 4.79 Å². The lowest BCUT2D eigenvalue weighted by atomic mass is 9.89. The van der Waals surface area contributed by atoms with Crippen LogP contribution in [-0.2, 0) is 17.6 Å². The van der Waals surface area contributed by atoms with Crippen molar-refractivity contribution in [2.24, 2.45) is 0 Å². The second-order valence-corrected chi connectivity index (χ2v) is 7.30. The molecule has 1 amide bonds. The van der Waals surface area contributed by atoms with E-state index in [-0.39, 0.29) is 11.9 Å². The van der Waals surface area contributed by atoms with Gasteiger partial charge in [0.1, 0.15) is 5.75 Å². The summed E-state index contributed by atoms with van der Waals surface area (Å²) in [5.74, 6) is 0.396. The number of carbonyl (C=O) groups excluding carboxylic acids is 1. The van der Waals surface area contributed by atoms with Crippen LogP contribution in [0.3, 0.4) is 0 Å². The van der Waals surface area contributed by atoms with E-state index in [4.69, 9.17) is 16.3 Å². The van der Waals surface area contributed by atoms with Crippen molar-refractivity contribution in [3.63, 3.8) is 0 Å². The molecule has 0 saturated heterocycles. The second kappa shape index (κ2) is 8.59. The van der Waals surface area contributed by atoms with Crippen molar-refractivity contribution in [3.05, 3.63) is 64.2 Å². The Bertz CT molecular complexity index is 774. The molecule has 0 heterocycles. The van der Waals surface area contributed by atoms with Gasteiger partial charge in [-0.2, -0.15) is 0 Å². The zero-order valence-electron chi connectivity index (χ0n) is 15.4. The Labute approximate surface area is 160 Å². The van der Waals surface area contributed by atoms with Gasteiger partial charge in [0.25, 0.3) is 5.91 Å². The van der Waals surface area contributed by atoms with Gasteiger partial charge in [-0.15, -0.1) is 0 Å². The van der Waals surface area contributed by atoms with E-state index in [2.05, 4.69) is 30.4 Å². The first-order chi connectivity index (χ1) is 12.6. The molecule has 3 rings (SSSR count). The fourth-order valence-corrected chi connectivity index (χ4v) is 3.64. The third-order valence-corrected chi connectivity index (χ3v) is 5.32. The zero-order valence-corrected chi connectivity index (χ0v) is 16.2. The lowest BCUT2D eigenvalue weighted by Crippen LogP contribution is -2.38. The van der Waals surface area contributed by atoms with Crippen LogP contribution in [0.1, 0.15) is 55.8 Å². The van der Waals surface area contributed by atoms with Gasteiger partial charge in [0.15, 0.2) is 6.10 Å². The summed E-state index contributed by atoms with van der Waals surface area (Å²) in [5.41, 5.74) is 4.06. The molecule has 1 aliphatic carbocycles. The Balaban J connectivity index is 1.67. The number of rotatable bonds is 6. The fourth-order valence-electron chi connectivity index (χ4n) is 3.46. The van der Waals surface area contributed by atoms with Crippen LogP contribution in [-0.4, -0.2) is 12.0 Å². The predicted octanol–water partition coefficient (Wildman–Crippen LogP) is 5.25. The number of para-hydroxylation sites is 1. The molecule has 138 valence electrons. The summed E-state index contributed by atoms with van der Waals surface area (Å²) in [5, 5.41) is 3.63. The molecule has 0 radical (unpaired) electrons. The Morgan fingerprint density at radius 3 is 2.62 bits per heavy atom. The van der Waals surface area contributed by atoms with Gasteiger partial charge in [-0.05, 0) is 67.9 Å². The topological polar surface area (TPSA) is 38.3 Å². The van der Waals surface area contributed by atoms with Gasteiger partial charge in [-0.1, -0.05) is 48.9 Å². The monoisotopic (exact) mass is 371 g/mol. The number of halogens is 1. The summed E-state index contributed by atoms with van der Waals surface area (Å²) < 4.78 is 5.73. The number of nitrogens with one attached hydrogen (secondary N) is 1. The third-order valence-electron chi connectivity index (χ3n) is 5.01. The van der Waals surface area contributed by atoms with Crippen molar-refractivity contribution in [2.45, 2.75) is 58.1 Å². The molecule has 0 aromatic heterocycles.